The van der Waals surface area contributed by atoms with Gasteiger partial charge in [-0.15, -0.1) is 0 Å². The van der Waals surface area contributed by atoms with E-state index in [2.05, 4.69) is 39.8 Å². The highest BCUT2D eigenvalue weighted by Crippen LogP contribution is 2.33. The van der Waals surface area contributed by atoms with Crippen molar-refractivity contribution < 1.29 is 18.3 Å². The quantitative estimate of drug-likeness (QED) is 0.259. The first-order valence-electron chi connectivity index (χ1n) is 9.67. The number of aromatic nitrogens is 1. The Kier molecular flexibility index (Phi) is 10.7. The van der Waals surface area contributed by atoms with Gasteiger partial charge in [-0.25, -0.2) is 4.98 Å². The largest absolute Gasteiger partial charge is 0.419 e. The van der Waals surface area contributed by atoms with Crippen molar-refractivity contribution >= 4 is 11.8 Å². The number of pyridine rings is 1. The van der Waals surface area contributed by atoms with Crippen LogP contribution in [-0.4, -0.2) is 48.8 Å². The third-order valence-electron chi connectivity index (χ3n) is 4.02. The highest BCUT2D eigenvalue weighted by molar-refractivity contribution is 5.79. The van der Waals surface area contributed by atoms with Crippen LogP contribution in [0.4, 0.5) is 19.0 Å². The highest BCUT2D eigenvalue weighted by Gasteiger charge is 2.33. The third-order valence-corrected chi connectivity index (χ3v) is 4.02. The number of halogens is 3. The van der Waals surface area contributed by atoms with Crippen LogP contribution in [-0.2, 0) is 6.18 Å². The van der Waals surface area contributed by atoms with Gasteiger partial charge in [0, 0.05) is 39.0 Å². The minimum atomic E-state index is -4.45. The fraction of sp³-hybridized carbons (Fsp3) is 0.684. The molecule has 0 bridgehead atoms. The van der Waals surface area contributed by atoms with E-state index in [9.17, 15) is 18.3 Å². The zero-order chi connectivity index (χ0) is 21.0. The van der Waals surface area contributed by atoms with E-state index < -0.39 is 11.7 Å². The zero-order valence-corrected chi connectivity index (χ0v) is 16.8. The van der Waals surface area contributed by atoms with Gasteiger partial charge in [-0.1, -0.05) is 13.8 Å². The van der Waals surface area contributed by atoms with Gasteiger partial charge >= 0.3 is 6.18 Å². The van der Waals surface area contributed by atoms with Crippen molar-refractivity contribution in [3.8, 4) is 0 Å². The van der Waals surface area contributed by atoms with Crippen molar-refractivity contribution in [3.63, 3.8) is 0 Å². The molecular weight excluding hydrogens is 371 g/mol. The lowest BCUT2D eigenvalue weighted by Gasteiger charge is -2.18. The fourth-order valence-electron chi connectivity index (χ4n) is 2.83. The fourth-order valence-corrected chi connectivity index (χ4v) is 2.83. The first kappa shape index (κ1) is 24.0. The molecule has 0 aliphatic carbocycles. The number of aliphatic imine (C=N–C) groups is 1. The summed E-state index contributed by atoms with van der Waals surface area (Å²) in [6.45, 7) is 8.24. The van der Waals surface area contributed by atoms with Crippen LogP contribution in [0.2, 0.25) is 0 Å². The average Bonchev–Trinajstić information content (AvgIpc) is 2.62. The van der Waals surface area contributed by atoms with Crippen LogP contribution < -0.4 is 16.0 Å². The molecule has 0 fully saturated rings. The summed E-state index contributed by atoms with van der Waals surface area (Å²) in [5.74, 6) is 1.24. The lowest BCUT2D eigenvalue weighted by atomic mass is 9.94. The van der Waals surface area contributed by atoms with E-state index in [1.165, 1.54) is 12.3 Å². The van der Waals surface area contributed by atoms with Crippen molar-refractivity contribution in [2.75, 3.05) is 38.1 Å². The molecule has 1 heterocycles. The van der Waals surface area contributed by atoms with E-state index >= 15 is 0 Å². The van der Waals surface area contributed by atoms with Crippen LogP contribution in [0.25, 0.3) is 0 Å². The highest BCUT2D eigenvalue weighted by atomic mass is 19.4. The minimum absolute atomic E-state index is 0.131. The van der Waals surface area contributed by atoms with Gasteiger partial charge in [-0.05, 0) is 43.7 Å². The van der Waals surface area contributed by atoms with Gasteiger partial charge in [-0.3, -0.25) is 4.99 Å². The Bertz CT molecular complexity index is 593. The molecule has 28 heavy (non-hydrogen) atoms. The predicted molar refractivity (Wildman–Crippen MR) is 106 cm³/mol. The smallest absolute Gasteiger partial charge is 0.396 e. The summed E-state index contributed by atoms with van der Waals surface area (Å²) in [5, 5.41) is 18.1. The molecule has 0 saturated carbocycles. The van der Waals surface area contributed by atoms with E-state index in [0.29, 0.717) is 43.9 Å². The van der Waals surface area contributed by atoms with Crippen LogP contribution in [0.1, 0.15) is 39.2 Å². The molecule has 160 valence electrons. The van der Waals surface area contributed by atoms with Crippen LogP contribution in [0.15, 0.2) is 23.3 Å². The summed E-state index contributed by atoms with van der Waals surface area (Å²) in [5.41, 5.74) is -0.781. The van der Waals surface area contributed by atoms with E-state index in [1.807, 2.05) is 6.92 Å². The Labute approximate surface area is 165 Å². The first-order chi connectivity index (χ1) is 13.3. The molecule has 6 nitrogen and oxygen atoms in total. The topological polar surface area (TPSA) is 81.6 Å². The summed E-state index contributed by atoms with van der Waals surface area (Å²) in [6.07, 6.45) is -1.45. The van der Waals surface area contributed by atoms with Crippen molar-refractivity contribution in [1.29, 1.82) is 0 Å². The van der Waals surface area contributed by atoms with Crippen LogP contribution in [0, 0.1) is 11.8 Å². The maximum atomic E-state index is 13.0. The molecule has 1 unspecified atom stereocenters. The molecule has 1 atom stereocenters. The molecule has 0 spiro atoms. The Balaban J connectivity index is 2.57. The van der Waals surface area contributed by atoms with Gasteiger partial charge in [0.25, 0.3) is 0 Å². The van der Waals surface area contributed by atoms with Crippen molar-refractivity contribution in [2.24, 2.45) is 16.8 Å². The second kappa shape index (κ2) is 12.4. The Morgan fingerprint density at radius 3 is 2.61 bits per heavy atom. The van der Waals surface area contributed by atoms with Crippen molar-refractivity contribution in [1.82, 2.24) is 15.6 Å². The van der Waals surface area contributed by atoms with Gasteiger partial charge < -0.3 is 21.1 Å². The lowest BCUT2D eigenvalue weighted by Crippen LogP contribution is -2.40. The number of hydrogen-bond acceptors (Lipinski definition) is 4. The van der Waals surface area contributed by atoms with Crippen LogP contribution in [0.3, 0.4) is 0 Å². The van der Waals surface area contributed by atoms with Gasteiger partial charge in [0.05, 0.1) is 5.56 Å². The number of nitrogens with zero attached hydrogens (tertiary/aromatic N) is 2. The number of hydrogen-bond donors (Lipinski definition) is 4. The SMILES string of the molecule is CCNC(=NCC(CCO)CC(C)C)NCCNc1ncccc1C(F)(F)F. The number of guanidine groups is 1. The Hall–Kier alpha value is -2.03. The number of anilines is 1. The van der Waals surface area contributed by atoms with Gasteiger partial charge in [-0.2, -0.15) is 13.2 Å². The molecule has 1 rings (SSSR count). The molecule has 0 radical (unpaired) electrons. The second-order valence-electron chi connectivity index (χ2n) is 6.98. The molecular formula is C19H32F3N5O. The summed E-state index contributed by atoms with van der Waals surface area (Å²) in [4.78, 5) is 8.32. The van der Waals surface area contributed by atoms with E-state index in [1.54, 1.807) is 0 Å². The molecule has 4 N–H and O–H groups in total. The Morgan fingerprint density at radius 2 is 2.00 bits per heavy atom. The zero-order valence-electron chi connectivity index (χ0n) is 16.8. The molecule has 1 aromatic heterocycles. The van der Waals surface area contributed by atoms with Gasteiger partial charge in [0.1, 0.15) is 5.82 Å². The molecule has 0 amide bonds. The second-order valence-corrected chi connectivity index (χ2v) is 6.98. The van der Waals surface area contributed by atoms with Gasteiger partial charge in [0.2, 0.25) is 0 Å². The molecule has 0 aliphatic heterocycles. The average molecular weight is 403 g/mol. The van der Waals surface area contributed by atoms with E-state index in [4.69, 9.17) is 0 Å². The summed E-state index contributed by atoms with van der Waals surface area (Å²) in [6, 6.07) is 2.27. The maximum Gasteiger partial charge on any atom is 0.419 e. The number of alkyl halides is 3. The predicted octanol–water partition coefficient (Wildman–Crippen LogP) is 3.11. The van der Waals surface area contributed by atoms with Crippen molar-refractivity contribution in [2.45, 2.75) is 39.8 Å². The maximum absolute atomic E-state index is 13.0. The van der Waals surface area contributed by atoms with Crippen LogP contribution in [0.5, 0.6) is 0 Å². The van der Waals surface area contributed by atoms with Crippen molar-refractivity contribution in [3.05, 3.63) is 23.9 Å². The van der Waals surface area contributed by atoms with Crippen LogP contribution >= 0.6 is 0 Å². The minimum Gasteiger partial charge on any atom is -0.396 e. The molecule has 9 heteroatoms. The van der Waals surface area contributed by atoms with Gasteiger partial charge in [0.15, 0.2) is 5.96 Å². The number of rotatable bonds is 11. The molecule has 0 saturated heterocycles. The number of aliphatic hydroxyl groups is 1. The van der Waals surface area contributed by atoms with E-state index in [0.717, 1.165) is 12.5 Å². The third kappa shape index (κ3) is 9.25. The molecule has 1 aromatic rings. The standard InChI is InChI=1S/C19H32F3N5O/c1-4-23-18(27-13-15(7-11-28)12-14(2)3)26-10-9-25-17-16(19(20,21)22)6-5-8-24-17/h5-6,8,14-15,28H,4,7,9-13H2,1-3H3,(H,24,25)(H2,23,26,27). The lowest BCUT2D eigenvalue weighted by molar-refractivity contribution is -0.137. The normalized spacial score (nSPS) is 13.5. The summed E-state index contributed by atoms with van der Waals surface area (Å²) in [7, 11) is 0. The number of nitrogens with one attached hydrogen (secondary N) is 3. The summed E-state index contributed by atoms with van der Waals surface area (Å²) < 4.78 is 38.9. The van der Waals surface area contributed by atoms with E-state index in [-0.39, 0.29) is 19.0 Å². The molecule has 0 aliphatic rings. The number of aliphatic hydroxyl groups excluding tert-OH is 1. The monoisotopic (exact) mass is 403 g/mol. The Morgan fingerprint density at radius 1 is 1.25 bits per heavy atom. The first-order valence-corrected chi connectivity index (χ1v) is 9.67. The summed E-state index contributed by atoms with van der Waals surface area (Å²) >= 11 is 0. The molecule has 0 aromatic carbocycles.